The number of amides is 2. The van der Waals surface area contributed by atoms with Gasteiger partial charge in [0.05, 0.1) is 12.2 Å². The first-order valence-corrected chi connectivity index (χ1v) is 12.3. The molecule has 0 unspecified atom stereocenters. The van der Waals surface area contributed by atoms with Crippen LogP contribution in [0.3, 0.4) is 0 Å². The van der Waals surface area contributed by atoms with Gasteiger partial charge in [-0.05, 0) is 30.7 Å². The summed E-state index contributed by atoms with van der Waals surface area (Å²) in [5.41, 5.74) is 2.85. The summed E-state index contributed by atoms with van der Waals surface area (Å²) in [5.74, 6) is 0.272. The van der Waals surface area contributed by atoms with E-state index in [1.165, 1.54) is 17.2 Å². The highest BCUT2D eigenvalue weighted by atomic mass is 31.2. The Labute approximate surface area is 201 Å². The van der Waals surface area contributed by atoms with Gasteiger partial charge in [0.15, 0.2) is 5.82 Å². The number of hydrogen-bond donors (Lipinski definition) is 3. The van der Waals surface area contributed by atoms with E-state index in [0.717, 1.165) is 21.4 Å². The van der Waals surface area contributed by atoms with Gasteiger partial charge in [0.1, 0.15) is 18.1 Å². The third-order valence-electron chi connectivity index (χ3n) is 5.57. The number of carbonyl (C=O) groups is 2. The zero-order chi connectivity index (χ0) is 25.2. The maximum atomic E-state index is 12.7. The molecular weight excluding hydrogens is 475 g/mol. The summed E-state index contributed by atoms with van der Waals surface area (Å²) < 4.78 is 21.4. The Morgan fingerprint density at radius 3 is 2.89 bits per heavy atom. The summed E-state index contributed by atoms with van der Waals surface area (Å²) in [6.45, 7) is 1.95. The van der Waals surface area contributed by atoms with E-state index in [2.05, 4.69) is 14.8 Å². The number of rotatable bonds is 7. The molecular formula is C23H25N4O7P. The van der Waals surface area contributed by atoms with Crippen molar-refractivity contribution in [2.24, 2.45) is 0 Å². The summed E-state index contributed by atoms with van der Waals surface area (Å²) in [4.78, 5) is 49.8. The van der Waals surface area contributed by atoms with Crippen molar-refractivity contribution >= 4 is 48.2 Å². The number of pyridine rings is 1. The van der Waals surface area contributed by atoms with Gasteiger partial charge in [-0.2, -0.15) is 0 Å². The number of anilines is 2. The molecule has 0 bridgehead atoms. The number of aryl methyl sites for hydroxylation is 1. The van der Waals surface area contributed by atoms with E-state index in [1.54, 1.807) is 19.2 Å². The van der Waals surface area contributed by atoms with E-state index in [9.17, 15) is 14.2 Å². The first-order valence-electron chi connectivity index (χ1n) is 10.8. The summed E-state index contributed by atoms with van der Waals surface area (Å²) in [6, 6.07) is 9.40. The zero-order valence-corrected chi connectivity index (χ0v) is 20.1. The number of nitrogens with one attached hydrogen (secondary N) is 1. The van der Waals surface area contributed by atoms with Crippen molar-refractivity contribution in [3.63, 3.8) is 0 Å². The summed E-state index contributed by atoms with van der Waals surface area (Å²) >= 11 is 0. The molecule has 1 aliphatic rings. The Morgan fingerprint density at radius 1 is 1.37 bits per heavy atom. The second-order valence-electron chi connectivity index (χ2n) is 8.06. The van der Waals surface area contributed by atoms with Crippen LogP contribution in [0.25, 0.3) is 17.0 Å². The van der Waals surface area contributed by atoms with Gasteiger partial charge in [-0.1, -0.05) is 18.2 Å². The number of para-hydroxylation sites is 1. The Hall–Kier alpha value is -3.50. The highest BCUT2D eigenvalue weighted by Gasteiger charge is 2.26. The molecule has 12 heteroatoms. The lowest BCUT2D eigenvalue weighted by molar-refractivity contribution is -0.125. The van der Waals surface area contributed by atoms with E-state index in [-0.39, 0.29) is 18.1 Å². The number of fused-ring (bicyclic) bond motifs is 2. The Morgan fingerprint density at radius 2 is 2.14 bits per heavy atom. The molecule has 0 saturated carbocycles. The van der Waals surface area contributed by atoms with E-state index >= 15 is 0 Å². The Kier molecular flexibility index (Phi) is 7.04. The second kappa shape index (κ2) is 10.0. The minimum Gasteiger partial charge on any atom is -0.459 e. The van der Waals surface area contributed by atoms with Crippen molar-refractivity contribution < 1.29 is 32.9 Å². The van der Waals surface area contributed by atoms with Crippen LogP contribution in [0, 0.1) is 6.92 Å². The van der Waals surface area contributed by atoms with Gasteiger partial charge in [-0.3, -0.25) is 19.0 Å². The molecule has 184 valence electrons. The van der Waals surface area contributed by atoms with Gasteiger partial charge in [-0.15, -0.1) is 0 Å². The number of nitrogens with zero attached hydrogens (tertiary/aromatic N) is 3. The molecule has 0 aliphatic carbocycles. The highest BCUT2D eigenvalue weighted by molar-refractivity contribution is 7.46. The molecule has 0 radical (unpaired) electrons. The summed E-state index contributed by atoms with van der Waals surface area (Å²) in [6.07, 6.45) is 4.56. The molecule has 0 atom stereocenters. The maximum Gasteiger partial charge on any atom is 0.471 e. The molecule has 2 amide bonds. The number of phosphoric ester groups is 1. The smallest absolute Gasteiger partial charge is 0.459 e. The monoisotopic (exact) mass is 500 g/mol. The predicted octanol–water partition coefficient (Wildman–Crippen LogP) is 3.02. The number of carbonyl (C=O) groups excluding carboxylic acids is 2. The fourth-order valence-corrected chi connectivity index (χ4v) is 3.96. The molecule has 0 fully saturated rings. The highest BCUT2D eigenvalue weighted by Crippen LogP contribution is 2.37. The lowest BCUT2D eigenvalue weighted by Gasteiger charge is -2.21. The number of likely N-dealkylation sites (N-methyl/N-ethyl adjacent to an activating group) is 1. The number of benzene rings is 1. The molecule has 4 rings (SSSR count). The molecule has 1 aliphatic heterocycles. The molecule has 1 aromatic carbocycles. The minimum absolute atomic E-state index is 0.0938. The molecule has 0 saturated heterocycles. The molecule has 2 aromatic heterocycles. The van der Waals surface area contributed by atoms with Gasteiger partial charge in [0, 0.05) is 43.2 Å². The normalized spacial score (nSPS) is 14.2. The van der Waals surface area contributed by atoms with Gasteiger partial charge < -0.3 is 24.4 Å². The summed E-state index contributed by atoms with van der Waals surface area (Å²) in [5, 5.41) is 4.08. The minimum atomic E-state index is -4.77. The van der Waals surface area contributed by atoms with Crippen molar-refractivity contribution in [2.45, 2.75) is 19.9 Å². The van der Waals surface area contributed by atoms with E-state index in [0.29, 0.717) is 30.1 Å². The first kappa shape index (κ1) is 24.6. The van der Waals surface area contributed by atoms with E-state index in [1.807, 2.05) is 31.2 Å². The van der Waals surface area contributed by atoms with Gasteiger partial charge in [0.2, 0.25) is 11.8 Å². The standard InChI is InChI=1S/C23H25N4O7P/c1-15-17-5-3-4-6-19(17)34-20(15)13-26(2)21(28)8-7-16-11-18-23(25-12-16)27(14-33-35(30,31)32)22(29)9-10-24-18/h3-8,11-12,24H,9-10,13-14H2,1-2H3,(H2,30,31,32)/b8-7+. The van der Waals surface area contributed by atoms with Crippen LogP contribution < -0.4 is 10.2 Å². The summed E-state index contributed by atoms with van der Waals surface area (Å²) in [7, 11) is -3.08. The first-order chi connectivity index (χ1) is 16.6. The third-order valence-corrected chi connectivity index (χ3v) is 6.02. The van der Waals surface area contributed by atoms with Crippen LogP contribution in [0.4, 0.5) is 11.5 Å². The van der Waals surface area contributed by atoms with Crippen LogP contribution in [-0.4, -0.2) is 51.8 Å². The van der Waals surface area contributed by atoms with E-state index in [4.69, 9.17) is 14.2 Å². The molecule has 35 heavy (non-hydrogen) atoms. The number of aromatic nitrogens is 1. The van der Waals surface area contributed by atoms with Gasteiger partial charge >= 0.3 is 7.82 Å². The topological polar surface area (TPSA) is 145 Å². The van der Waals surface area contributed by atoms with Crippen LogP contribution in [-0.2, 0) is 25.2 Å². The average molecular weight is 500 g/mol. The third kappa shape index (κ3) is 5.77. The van der Waals surface area contributed by atoms with Crippen LogP contribution in [0.5, 0.6) is 0 Å². The Balaban J connectivity index is 1.47. The van der Waals surface area contributed by atoms with Crippen molar-refractivity contribution in [1.82, 2.24) is 9.88 Å². The largest absolute Gasteiger partial charge is 0.471 e. The zero-order valence-electron chi connectivity index (χ0n) is 19.2. The van der Waals surface area contributed by atoms with Crippen molar-refractivity contribution in [1.29, 1.82) is 0 Å². The van der Waals surface area contributed by atoms with Crippen molar-refractivity contribution in [3.8, 4) is 0 Å². The van der Waals surface area contributed by atoms with Crippen LogP contribution in [0.15, 0.2) is 47.0 Å². The number of phosphoric acid groups is 1. The number of furan rings is 1. The molecule has 11 nitrogen and oxygen atoms in total. The van der Waals surface area contributed by atoms with Crippen LogP contribution >= 0.6 is 7.82 Å². The van der Waals surface area contributed by atoms with Crippen molar-refractivity contribution in [2.75, 3.05) is 30.5 Å². The average Bonchev–Trinajstić information content (AvgIpc) is 3.03. The lowest BCUT2D eigenvalue weighted by Crippen LogP contribution is -2.32. The van der Waals surface area contributed by atoms with Gasteiger partial charge in [-0.25, -0.2) is 9.55 Å². The maximum absolute atomic E-state index is 12.7. The molecule has 3 aromatic rings. The molecule has 0 spiro atoms. The van der Waals surface area contributed by atoms with E-state index < -0.39 is 20.5 Å². The van der Waals surface area contributed by atoms with Crippen LogP contribution in [0.2, 0.25) is 0 Å². The second-order valence-corrected chi connectivity index (χ2v) is 9.30. The fourth-order valence-electron chi connectivity index (χ4n) is 3.70. The fraction of sp³-hybridized carbons (Fsp3) is 0.261. The lowest BCUT2D eigenvalue weighted by atomic mass is 10.1. The molecule has 3 N–H and O–H groups in total. The quantitative estimate of drug-likeness (QED) is 0.329. The SMILES string of the molecule is Cc1c(CN(C)C(=O)/C=C/c2cnc3c(c2)NCCC(=O)N3COP(=O)(O)O)oc2ccccc12. The predicted molar refractivity (Wildman–Crippen MR) is 129 cm³/mol. The van der Waals surface area contributed by atoms with Crippen molar-refractivity contribution in [3.05, 3.63) is 59.5 Å². The Bertz CT molecular complexity index is 1350. The molecule has 3 heterocycles. The van der Waals surface area contributed by atoms with Crippen LogP contribution in [0.1, 0.15) is 23.3 Å². The van der Waals surface area contributed by atoms with Gasteiger partial charge in [0.25, 0.3) is 0 Å². The number of hydrogen-bond acceptors (Lipinski definition) is 7.